The molecule has 0 saturated carbocycles. The predicted octanol–water partition coefficient (Wildman–Crippen LogP) is 2.05. The molecule has 27 heavy (non-hydrogen) atoms. The van der Waals surface area contributed by atoms with Gasteiger partial charge in [0.15, 0.2) is 5.82 Å². The number of carbonyl (C=O) groups excluding carboxylic acids is 2. The molecule has 7 nitrogen and oxygen atoms in total. The van der Waals surface area contributed by atoms with Gasteiger partial charge in [0.2, 0.25) is 11.8 Å². The van der Waals surface area contributed by atoms with Gasteiger partial charge in [0.05, 0.1) is 24.5 Å². The van der Waals surface area contributed by atoms with Gasteiger partial charge in [-0.15, -0.1) is 0 Å². The Morgan fingerprint density at radius 2 is 2.26 bits per heavy atom. The van der Waals surface area contributed by atoms with Gasteiger partial charge in [0.1, 0.15) is 17.2 Å². The standard InChI is InChI=1S/C19H16FN3O4/c1-10-7-14(22-27-10)23-9-19-6-5-13(26-19)15(16(19)18(23)25)17(24)21-12-4-2-3-11(20)8-12/h2-8,13,15-16H,9H2,1H3,(H,21,24)/t13-,15?,16?,19+/m0/s1. The Labute approximate surface area is 153 Å². The van der Waals surface area contributed by atoms with Gasteiger partial charge in [-0.25, -0.2) is 4.39 Å². The summed E-state index contributed by atoms with van der Waals surface area (Å²) in [5.74, 6) is -1.39. The fraction of sp³-hybridized carbons (Fsp3) is 0.316. The highest BCUT2D eigenvalue weighted by Gasteiger charge is 2.67. The molecule has 1 N–H and O–H groups in total. The van der Waals surface area contributed by atoms with Crippen LogP contribution in [0.3, 0.4) is 0 Å². The number of fused-ring (bicyclic) bond motifs is 1. The Kier molecular flexibility index (Phi) is 3.30. The molecule has 1 aromatic heterocycles. The molecule has 4 heterocycles. The average Bonchev–Trinajstić information content (AvgIpc) is 3.36. The largest absolute Gasteiger partial charge is 0.360 e. The first-order valence-corrected chi connectivity index (χ1v) is 8.65. The summed E-state index contributed by atoms with van der Waals surface area (Å²) in [6.45, 7) is 2.02. The number of benzene rings is 1. The van der Waals surface area contributed by atoms with Crippen molar-refractivity contribution in [2.45, 2.75) is 18.6 Å². The van der Waals surface area contributed by atoms with E-state index in [-0.39, 0.29) is 18.4 Å². The molecule has 2 fully saturated rings. The molecule has 8 heteroatoms. The van der Waals surface area contributed by atoms with E-state index < -0.39 is 29.4 Å². The highest BCUT2D eigenvalue weighted by atomic mass is 19.1. The van der Waals surface area contributed by atoms with Gasteiger partial charge in [-0.1, -0.05) is 23.4 Å². The van der Waals surface area contributed by atoms with E-state index in [2.05, 4.69) is 10.5 Å². The number of rotatable bonds is 3. The van der Waals surface area contributed by atoms with Crippen LogP contribution in [0.5, 0.6) is 0 Å². The molecule has 5 rings (SSSR count). The van der Waals surface area contributed by atoms with Crippen LogP contribution in [-0.4, -0.2) is 35.2 Å². The Bertz CT molecular complexity index is 987. The van der Waals surface area contributed by atoms with E-state index in [1.165, 1.54) is 23.1 Å². The first-order valence-electron chi connectivity index (χ1n) is 8.65. The van der Waals surface area contributed by atoms with Crippen molar-refractivity contribution in [3.05, 3.63) is 54.1 Å². The summed E-state index contributed by atoms with van der Waals surface area (Å²) in [4.78, 5) is 27.5. The van der Waals surface area contributed by atoms with Crippen molar-refractivity contribution in [1.29, 1.82) is 0 Å². The lowest BCUT2D eigenvalue weighted by Crippen LogP contribution is -2.41. The monoisotopic (exact) mass is 369 g/mol. The summed E-state index contributed by atoms with van der Waals surface area (Å²) in [5, 5.41) is 6.61. The van der Waals surface area contributed by atoms with E-state index in [0.29, 0.717) is 17.3 Å². The Morgan fingerprint density at radius 1 is 1.41 bits per heavy atom. The second-order valence-corrected chi connectivity index (χ2v) is 7.12. The van der Waals surface area contributed by atoms with Crippen LogP contribution in [-0.2, 0) is 14.3 Å². The van der Waals surface area contributed by atoms with Crippen molar-refractivity contribution >= 4 is 23.3 Å². The maximum Gasteiger partial charge on any atom is 0.235 e. The number of nitrogens with zero attached hydrogens (tertiary/aromatic N) is 2. The van der Waals surface area contributed by atoms with Gasteiger partial charge in [-0.3, -0.25) is 14.5 Å². The highest BCUT2D eigenvalue weighted by molar-refractivity contribution is 6.05. The maximum atomic E-state index is 13.4. The summed E-state index contributed by atoms with van der Waals surface area (Å²) in [5.41, 5.74) is -0.506. The van der Waals surface area contributed by atoms with Crippen LogP contribution < -0.4 is 10.2 Å². The minimum atomic E-state index is -0.849. The lowest BCUT2D eigenvalue weighted by Gasteiger charge is -2.23. The van der Waals surface area contributed by atoms with Crippen LogP contribution in [0.4, 0.5) is 15.9 Å². The summed E-state index contributed by atoms with van der Waals surface area (Å²) in [7, 11) is 0. The highest BCUT2D eigenvalue weighted by Crippen LogP contribution is 2.52. The average molecular weight is 369 g/mol. The summed E-state index contributed by atoms with van der Waals surface area (Å²) in [6, 6.07) is 7.32. The zero-order valence-electron chi connectivity index (χ0n) is 14.4. The normalized spacial score (nSPS) is 30.8. The number of hydrogen-bond acceptors (Lipinski definition) is 5. The number of amides is 2. The third kappa shape index (κ3) is 2.33. The fourth-order valence-electron chi connectivity index (χ4n) is 4.26. The Hall–Kier alpha value is -3.00. The second-order valence-electron chi connectivity index (χ2n) is 7.12. The molecule has 2 unspecified atom stereocenters. The first kappa shape index (κ1) is 16.2. The van der Waals surface area contributed by atoms with Crippen LogP contribution in [0.1, 0.15) is 5.76 Å². The number of hydrogen-bond donors (Lipinski definition) is 1. The molecule has 0 aliphatic carbocycles. The van der Waals surface area contributed by atoms with Crippen LogP contribution >= 0.6 is 0 Å². The number of aryl methyl sites for hydroxylation is 1. The third-order valence-corrected chi connectivity index (χ3v) is 5.39. The molecule has 1 spiro atoms. The van der Waals surface area contributed by atoms with E-state index in [4.69, 9.17) is 9.26 Å². The Morgan fingerprint density at radius 3 is 3.00 bits per heavy atom. The molecule has 3 aliphatic heterocycles. The van der Waals surface area contributed by atoms with E-state index in [1.807, 2.05) is 12.2 Å². The lowest BCUT2D eigenvalue weighted by molar-refractivity contribution is -0.128. The lowest BCUT2D eigenvalue weighted by atomic mass is 9.77. The van der Waals surface area contributed by atoms with Gasteiger partial charge < -0.3 is 14.6 Å². The minimum absolute atomic E-state index is 0.227. The van der Waals surface area contributed by atoms with Gasteiger partial charge in [-0.05, 0) is 25.1 Å². The summed E-state index contributed by atoms with van der Waals surface area (Å²) in [6.07, 6.45) is 3.20. The number of carbonyl (C=O) groups is 2. The summed E-state index contributed by atoms with van der Waals surface area (Å²) < 4.78 is 24.5. The van der Waals surface area contributed by atoms with Crippen LogP contribution in [0.2, 0.25) is 0 Å². The molecule has 1 aromatic carbocycles. The van der Waals surface area contributed by atoms with E-state index in [1.54, 1.807) is 19.1 Å². The van der Waals surface area contributed by atoms with E-state index in [0.717, 1.165) is 0 Å². The van der Waals surface area contributed by atoms with Crippen molar-refractivity contribution < 1.29 is 23.2 Å². The van der Waals surface area contributed by atoms with Crippen molar-refractivity contribution in [2.24, 2.45) is 11.8 Å². The zero-order chi connectivity index (χ0) is 18.8. The summed E-state index contributed by atoms with van der Waals surface area (Å²) >= 11 is 0. The Balaban J connectivity index is 1.44. The van der Waals surface area contributed by atoms with Gasteiger partial charge in [-0.2, -0.15) is 0 Å². The number of nitrogens with one attached hydrogen (secondary N) is 1. The van der Waals surface area contributed by atoms with Crippen LogP contribution in [0, 0.1) is 24.6 Å². The number of aromatic nitrogens is 1. The molecular weight excluding hydrogens is 353 g/mol. The van der Waals surface area contributed by atoms with Crippen molar-refractivity contribution in [3.8, 4) is 0 Å². The molecule has 2 aromatic rings. The molecular formula is C19H16FN3O4. The van der Waals surface area contributed by atoms with Crippen molar-refractivity contribution in [2.75, 3.05) is 16.8 Å². The number of halogens is 1. The van der Waals surface area contributed by atoms with Gasteiger partial charge in [0.25, 0.3) is 0 Å². The first-order chi connectivity index (χ1) is 13.0. The topological polar surface area (TPSA) is 84.7 Å². The predicted molar refractivity (Wildman–Crippen MR) is 92.3 cm³/mol. The minimum Gasteiger partial charge on any atom is -0.360 e. The van der Waals surface area contributed by atoms with Gasteiger partial charge in [0, 0.05) is 11.8 Å². The number of ether oxygens (including phenoxy) is 1. The maximum absolute atomic E-state index is 13.4. The van der Waals surface area contributed by atoms with Crippen LogP contribution in [0.15, 0.2) is 47.0 Å². The SMILES string of the molecule is Cc1cc(N2C[C@@]34C=C[C@H](O3)C(C(=O)Nc3cccc(F)c3)C4C2=O)no1. The molecule has 3 aliphatic rings. The van der Waals surface area contributed by atoms with Crippen LogP contribution in [0.25, 0.3) is 0 Å². The molecule has 0 radical (unpaired) electrons. The second kappa shape index (κ2) is 5.50. The molecule has 2 saturated heterocycles. The van der Waals surface area contributed by atoms with Gasteiger partial charge >= 0.3 is 0 Å². The van der Waals surface area contributed by atoms with E-state index in [9.17, 15) is 14.0 Å². The fourth-order valence-corrected chi connectivity index (χ4v) is 4.26. The molecule has 2 bridgehead atoms. The zero-order valence-corrected chi connectivity index (χ0v) is 14.4. The molecule has 4 atom stereocenters. The molecule has 2 amide bonds. The smallest absolute Gasteiger partial charge is 0.235 e. The van der Waals surface area contributed by atoms with Crippen molar-refractivity contribution in [3.63, 3.8) is 0 Å². The number of anilines is 2. The third-order valence-electron chi connectivity index (χ3n) is 5.39. The molecule has 138 valence electrons. The van der Waals surface area contributed by atoms with E-state index >= 15 is 0 Å². The quantitative estimate of drug-likeness (QED) is 0.837. The van der Waals surface area contributed by atoms with Crippen molar-refractivity contribution in [1.82, 2.24) is 5.16 Å².